The summed E-state index contributed by atoms with van der Waals surface area (Å²) >= 11 is 3.79. The number of guanidine groups is 1. The quantitative estimate of drug-likeness (QED) is 0.0461. The smallest absolute Gasteiger partial charge is 0.327 e. The number of carbonyl (C=O) groups is 5. The zero-order chi connectivity index (χ0) is 24.8. The first-order valence-corrected chi connectivity index (χ1v) is 9.94. The zero-order valence-electron chi connectivity index (χ0n) is 17.1. The Morgan fingerprint density at radius 1 is 0.906 bits per heavy atom. The van der Waals surface area contributed by atoms with E-state index in [1.165, 1.54) is 0 Å². The van der Waals surface area contributed by atoms with Crippen molar-refractivity contribution < 1.29 is 39.3 Å². The molecule has 16 heteroatoms. The van der Waals surface area contributed by atoms with E-state index in [0.717, 1.165) is 0 Å². The number of rotatable bonds is 15. The maximum Gasteiger partial charge on any atom is 0.327 e. The molecule has 182 valence electrons. The van der Waals surface area contributed by atoms with E-state index in [4.69, 9.17) is 32.5 Å². The van der Waals surface area contributed by atoms with Crippen LogP contribution < -0.4 is 33.2 Å². The van der Waals surface area contributed by atoms with E-state index in [2.05, 4.69) is 33.6 Å². The lowest BCUT2D eigenvalue weighted by atomic mass is 10.1. The molecule has 0 rings (SSSR count). The van der Waals surface area contributed by atoms with Gasteiger partial charge in [-0.1, -0.05) is 0 Å². The summed E-state index contributed by atoms with van der Waals surface area (Å²) in [6.45, 7) is -0.589. The molecule has 0 saturated carbocycles. The van der Waals surface area contributed by atoms with Crippen LogP contribution in [0.4, 0.5) is 0 Å². The molecule has 3 amide bonds. The summed E-state index contributed by atoms with van der Waals surface area (Å²) in [4.78, 5) is 63.0. The fourth-order valence-electron chi connectivity index (χ4n) is 2.25. The van der Waals surface area contributed by atoms with Gasteiger partial charge in [-0.15, -0.1) is 0 Å². The average molecular weight is 480 g/mol. The van der Waals surface area contributed by atoms with Gasteiger partial charge in [0, 0.05) is 12.3 Å². The lowest BCUT2D eigenvalue weighted by molar-refractivity contribution is -0.143. The van der Waals surface area contributed by atoms with Gasteiger partial charge in [-0.3, -0.25) is 24.2 Å². The minimum absolute atomic E-state index is 0.0255. The molecule has 0 aliphatic carbocycles. The van der Waals surface area contributed by atoms with Crippen molar-refractivity contribution in [3.05, 3.63) is 0 Å². The molecule has 0 aromatic heterocycles. The van der Waals surface area contributed by atoms with Crippen molar-refractivity contribution in [3.63, 3.8) is 0 Å². The third-order valence-electron chi connectivity index (χ3n) is 3.92. The number of nitrogens with two attached hydrogens (primary N) is 3. The Hall–Kier alpha value is -3.11. The number of hydrogen-bond donors (Lipinski definition) is 10. The molecule has 0 aliphatic heterocycles. The van der Waals surface area contributed by atoms with Crippen LogP contribution >= 0.6 is 12.6 Å². The Morgan fingerprint density at radius 2 is 1.44 bits per heavy atom. The maximum absolute atomic E-state index is 12.7. The van der Waals surface area contributed by atoms with Gasteiger partial charge >= 0.3 is 11.9 Å². The van der Waals surface area contributed by atoms with Crippen LogP contribution in [0.5, 0.6) is 0 Å². The molecule has 0 saturated heterocycles. The number of carboxylic acids is 2. The minimum atomic E-state index is -1.65. The van der Waals surface area contributed by atoms with Gasteiger partial charge in [-0.25, -0.2) is 4.79 Å². The van der Waals surface area contributed by atoms with Gasteiger partial charge in [-0.2, -0.15) is 12.6 Å². The molecule has 15 nitrogen and oxygen atoms in total. The largest absolute Gasteiger partial charge is 0.481 e. The first-order valence-electron chi connectivity index (χ1n) is 9.31. The molecule has 32 heavy (non-hydrogen) atoms. The first-order chi connectivity index (χ1) is 14.9. The molecular formula is C16H29N7O8S. The fraction of sp³-hybridized carbons (Fsp3) is 0.625. The van der Waals surface area contributed by atoms with Crippen molar-refractivity contribution in [2.75, 3.05) is 18.9 Å². The highest BCUT2D eigenvalue weighted by atomic mass is 32.1. The van der Waals surface area contributed by atoms with Gasteiger partial charge in [0.15, 0.2) is 5.96 Å². The van der Waals surface area contributed by atoms with Gasteiger partial charge in [-0.05, 0) is 12.8 Å². The second-order valence-electron chi connectivity index (χ2n) is 6.54. The SMILES string of the molecule is NC(N)=NCCCC(NC(=O)C(N)CO)C(=O)NC(CC(=O)O)C(=O)NC(CS)C(=O)O. The molecule has 0 radical (unpaired) electrons. The van der Waals surface area contributed by atoms with E-state index in [0.29, 0.717) is 0 Å². The number of carboxylic acid groups (broad SMARTS) is 2. The normalized spacial score (nSPS) is 14.2. The molecular weight excluding hydrogens is 450 g/mol. The van der Waals surface area contributed by atoms with Gasteiger partial charge in [0.1, 0.15) is 24.2 Å². The van der Waals surface area contributed by atoms with E-state index in [-0.39, 0.29) is 31.1 Å². The highest BCUT2D eigenvalue weighted by Gasteiger charge is 2.31. The molecule has 0 aromatic rings. The highest BCUT2D eigenvalue weighted by molar-refractivity contribution is 7.80. The van der Waals surface area contributed by atoms with E-state index in [1.54, 1.807) is 0 Å². The van der Waals surface area contributed by atoms with Crippen molar-refractivity contribution in [1.29, 1.82) is 0 Å². The van der Waals surface area contributed by atoms with Crippen LogP contribution in [0, 0.1) is 0 Å². The van der Waals surface area contributed by atoms with Gasteiger partial charge < -0.3 is 48.5 Å². The minimum Gasteiger partial charge on any atom is -0.481 e. The second-order valence-corrected chi connectivity index (χ2v) is 6.91. The van der Waals surface area contributed by atoms with Gasteiger partial charge in [0.2, 0.25) is 17.7 Å². The monoisotopic (exact) mass is 479 g/mol. The van der Waals surface area contributed by atoms with E-state index >= 15 is 0 Å². The second kappa shape index (κ2) is 14.8. The fourth-order valence-corrected chi connectivity index (χ4v) is 2.50. The van der Waals surface area contributed by atoms with Crippen molar-refractivity contribution in [2.24, 2.45) is 22.2 Å². The Kier molecular flexibility index (Phi) is 13.4. The van der Waals surface area contributed by atoms with E-state index < -0.39 is 66.9 Å². The molecule has 0 aromatic carbocycles. The standard InChI is InChI=1S/C16H29N7O8S/c17-7(5-24)12(27)21-8(2-1-3-20-16(18)19)13(28)22-9(4-11(25)26)14(29)23-10(6-32)15(30)31/h7-10,24,32H,1-6,17H2,(H,21,27)(H,22,28)(H,23,29)(H,25,26)(H,30,31)(H4,18,19,20). The number of nitrogens with zero attached hydrogens (tertiary/aromatic N) is 1. The lowest BCUT2D eigenvalue weighted by Crippen LogP contribution is -2.58. The molecule has 4 unspecified atom stereocenters. The molecule has 12 N–H and O–H groups in total. The van der Waals surface area contributed by atoms with Gasteiger partial charge in [0.25, 0.3) is 0 Å². The highest BCUT2D eigenvalue weighted by Crippen LogP contribution is 2.03. The molecule has 4 atom stereocenters. The Labute approximate surface area is 188 Å². The van der Waals surface area contributed by atoms with Crippen LogP contribution in [-0.4, -0.2) is 94.0 Å². The van der Waals surface area contributed by atoms with E-state index in [1.807, 2.05) is 0 Å². The van der Waals surface area contributed by atoms with Crippen LogP contribution in [0.1, 0.15) is 19.3 Å². The zero-order valence-corrected chi connectivity index (χ0v) is 18.0. The predicted octanol–water partition coefficient (Wildman–Crippen LogP) is -4.70. The molecule has 0 bridgehead atoms. The summed E-state index contributed by atoms with van der Waals surface area (Å²) in [5.41, 5.74) is 15.8. The summed E-state index contributed by atoms with van der Waals surface area (Å²) in [7, 11) is 0. The molecule has 0 fully saturated rings. The summed E-state index contributed by atoms with van der Waals surface area (Å²) < 4.78 is 0. The first kappa shape index (κ1) is 28.9. The number of aliphatic hydroxyl groups is 1. The number of hydrogen-bond acceptors (Lipinski definition) is 9. The number of thiol groups is 1. The van der Waals surface area contributed by atoms with Crippen LogP contribution in [0.3, 0.4) is 0 Å². The van der Waals surface area contributed by atoms with Crippen molar-refractivity contribution in [2.45, 2.75) is 43.4 Å². The Bertz CT molecular complexity index is 717. The molecule has 0 spiro atoms. The van der Waals surface area contributed by atoms with Crippen LogP contribution in [0.2, 0.25) is 0 Å². The van der Waals surface area contributed by atoms with Crippen molar-refractivity contribution >= 4 is 48.2 Å². The third kappa shape index (κ3) is 11.3. The lowest BCUT2D eigenvalue weighted by Gasteiger charge is -2.24. The topological polar surface area (TPSA) is 273 Å². The summed E-state index contributed by atoms with van der Waals surface area (Å²) in [6.07, 6.45) is -0.676. The van der Waals surface area contributed by atoms with Crippen molar-refractivity contribution in [3.8, 4) is 0 Å². The molecule has 0 heterocycles. The number of aliphatic carboxylic acids is 2. The number of nitrogens with one attached hydrogen (secondary N) is 3. The number of aliphatic hydroxyl groups excluding tert-OH is 1. The number of carbonyl (C=O) groups excluding carboxylic acids is 3. The van der Waals surface area contributed by atoms with Crippen LogP contribution in [0.15, 0.2) is 4.99 Å². The third-order valence-corrected chi connectivity index (χ3v) is 4.29. The number of aliphatic imine (C=N–C) groups is 1. The van der Waals surface area contributed by atoms with Crippen LogP contribution in [0.25, 0.3) is 0 Å². The molecule has 0 aliphatic rings. The van der Waals surface area contributed by atoms with Gasteiger partial charge in [0.05, 0.1) is 13.0 Å². The summed E-state index contributed by atoms with van der Waals surface area (Å²) in [6, 6.07) is -5.67. The maximum atomic E-state index is 12.7. The summed E-state index contributed by atoms with van der Waals surface area (Å²) in [5.74, 6) is -6.19. The Morgan fingerprint density at radius 3 is 1.91 bits per heavy atom. The summed E-state index contributed by atoms with van der Waals surface area (Å²) in [5, 5.41) is 33.6. The average Bonchev–Trinajstić information content (AvgIpc) is 2.71. The van der Waals surface area contributed by atoms with E-state index in [9.17, 15) is 24.0 Å². The van der Waals surface area contributed by atoms with Crippen LogP contribution in [-0.2, 0) is 24.0 Å². The van der Waals surface area contributed by atoms with Crippen molar-refractivity contribution in [1.82, 2.24) is 16.0 Å². The Balaban J connectivity index is 5.46. The predicted molar refractivity (Wildman–Crippen MR) is 115 cm³/mol. The number of amides is 3.